The summed E-state index contributed by atoms with van der Waals surface area (Å²) >= 11 is 2.43. The van der Waals surface area contributed by atoms with E-state index in [0.29, 0.717) is 5.41 Å². The molecule has 0 aliphatic heterocycles. The van der Waals surface area contributed by atoms with Crippen molar-refractivity contribution in [1.29, 1.82) is 0 Å². The highest BCUT2D eigenvalue weighted by molar-refractivity contribution is 14.1. The van der Waals surface area contributed by atoms with Gasteiger partial charge in [-0.15, -0.1) is 0 Å². The van der Waals surface area contributed by atoms with Crippen LogP contribution < -0.4 is 0 Å². The maximum atomic E-state index is 2.43. The molecule has 100 valence electrons. The van der Waals surface area contributed by atoms with Gasteiger partial charge in [-0.25, -0.2) is 0 Å². The van der Waals surface area contributed by atoms with E-state index in [9.17, 15) is 0 Å². The maximum absolute atomic E-state index is 2.43. The third-order valence-corrected chi connectivity index (χ3v) is 5.44. The predicted molar refractivity (Wildman–Crippen MR) is 88.3 cm³/mol. The van der Waals surface area contributed by atoms with Gasteiger partial charge >= 0.3 is 0 Å². The quantitative estimate of drug-likeness (QED) is 0.454. The molecular weight excluding hydrogens is 331 g/mol. The Labute approximate surface area is 126 Å². The molecule has 0 amide bonds. The van der Waals surface area contributed by atoms with Gasteiger partial charge < -0.3 is 0 Å². The standard InChI is InChI=1S/C17H25I/c1-17(2,3)16-10-8-15(9-11-16)14-6-4-13(12-18)5-7-14/h4-7,15-16H,8-12H2,1-3H3. The van der Waals surface area contributed by atoms with Crippen molar-refractivity contribution >= 4 is 22.6 Å². The number of alkyl halides is 1. The molecule has 1 heteroatoms. The first-order valence-electron chi connectivity index (χ1n) is 7.15. The molecule has 0 bridgehead atoms. The molecule has 0 nitrogen and oxygen atoms in total. The maximum Gasteiger partial charge on any atom is 0.0247 e. The molecule has 0 spiro atoms. The smallest absolute Gasteiger partial charge is 0.0247 e. The largest absolute Gasteiger partial charge is 0.0812 e. The Morgan fingerprint density at radius 1 is 1.00 bits per heavy atom. The second-order valence-electron chi connectivity index (χ2n) is 6.79. The fourth-order valence-corrected chi connectivity index (χ4v) is 3.68. The van der Waals surface area contributed by atoms with Crippen LogP contribution in [0.1, 0.15) is 63.5 Å². The van der Waals surface area contributed by atoms with Crippen molar-refractivity contribution in [3.05, 3.63) is 35.4 Å². The molecule has 1 fully saturated rings. The molecule has 0 radical (unpaired) electrons. The second kappa shape index (κ2) is 5.94. The number of halogens is 1. The summed E-state index contributed by atoms with van der Waals surface area (Å²) in [6, 6.07) is 9.32. The summed E-state index contributed by atoms with van der Waals surface area (Å²) in [5, 5.41) is 0. The number of hydrogen-bond donors (Lipinski definition) is 0. The highest BCUT2D eigenvalue weighted by Crippen LogP contribution is 2.43. The van der Waals surface area contributed by atoms with E-state index in [0.717, 1.165) is 16.3 Å². The van der Waals surface area contributed by atoms with Crippen LogP contribution in [0, 0.1) is 11.3 Å². The topological polar surface area (TPSA) is 0 Å². The molecule has 1 aliphatic rings. The van der Waals surface area contributed by atoms with Gasteiger partial charge in [-0.1, -0.05) is 67.6 Å². The third kappa shape index (κ3) is 3.49. The van der Waals surface area contributed by atoms with Crippen LogP contribution in [0.25, 0.3) is 0 Å². The summed E-state index contributed by atoms with van der Waals surface area (Å²) in [5.41, 5.74) is 3.51. The predicted octanol–water partition coefficient (Wildman–Crippen LogP) is 5.94. The summed E-state index contributed by atoms with van der Waals surface area (Å²) in [7, 11) is 0. The fourth-order valence-electron chi connectivity index (χ4n) is 3.17. The summed E-state index contributed by atoms with van der Waals surface area (Å²) in [6.45, 7) is 7.19. The van der Waals surface area contributed by atoms with Crippen molar-refractivity contribution in [3.63, 3.8) is 0 Å². The van der Waals surface area contributed by atoms with Crippen LogP contribution in [-0.4, -0.2) is 0 Å². The summed E-state index contributed by atoms with van der Waals surface area (Å²) in [5.74, 6) is 1.73. The van der Waals surface area contributed by atoms with Crippen LogP contribution >= 0.6 is 22.6 Å². The molecule has 0 unspecified atom stereocenters. The molecule has 0 atom stereocenters. The van der Waals surface area contributed by atoms with Crippen LogP contribution in [0.5, 0.6) is 0 Å². The average Bonchev–Trinajstić information content (AvgIpc) is 2.38. The van der Waals surface area contributed by atoms with Crippen LogP contribution in [0.4, 0.5) is 0 Å². The van der Waals surface area contributed by atoms with Crippen molar-refractivity contribution in [2.24, 2.45) is 11.3 Å². The molecule has 1 aliphatic carbocycles. The SMILES string of the molecule is CC(C)(C)C1CCC(c2ccc(CI)cc2)CC1. The highest BCUT2D eigenvalue weighted by Gasteiger charge is 2.29. The first-order valence-corrected chi connectivity index (χ1v) is 8.68. The normalized spacial score (nSPS) is 25.1. The first kappa shape index (κ1) is 14.4. The lowest BCUT2D eigenvalue weighted by Crippen LogP contribution is -2.25. The van der Waals surface area contributed by atoms with Gasteiger partial charge in [0.25, 0.3) is 0 Å². The van der Waals surface area contributed by atoms with E-state index in [-0.39, 0.29) is 0 Å². The third-order valence-electron chi connectivity index (χ3n) is 4.56. The molecule has 0 aromatic heterocycles. The number of rotatable bonds is 2. The lowest BCUT2D eigenvalue weighted by Gasteiger charge is -2.37. The van der Waals surface area contributed by atoms with E-state index < -0.39 is 0 Å². The van der Waals surface area contributed by atoms with Crippen molar-refractivity contribution in [3.8, 4) is 0 Å². The van der Waals surface area contributed by atoms with Gasteiger partial charge in [-0.2, -0.15) is 0 Å². The van der Waals surface area contributed by atoms with Gasteiger partial charge in [0, 0.05) is 4.43 Å². The Bertz CT molecular complexity index is 364. The van der Waals surface area contributed by atoms with E-state index in [2.05, 4.69) is 67.6 Å². The summed E-state index contributed by atoms with van der Waals surface area (Å²) in [4.78, 5) is 0. The van der Waals surface area contributed by atoms with Gasteiger partial charge in [0.1, 0.15) is 0 Å². The van der Waals surface area contributed by atoms with E-state index in [1.807, 2.05) is 0 Å². The minimum Gasteiger partial charge on any atom is -0.0812 e. The molecule has 0 N–H and O–H groups in total. The number of benzene rings is 1. The summed E-state index contributed by atoms with van der Waals surface area (Å²) < 4.78 is 1.12. The molecule has 0 saturated heterocycles. The Kier molecular flexibility index (Phi) is 4.74. The Morgan fingerprint density at radius 2 is 1.56 bits per heavy atom. The van der Waals surface area contributed by atoms with Crippen molar-refractivity contribution in [2.45, 2.75) is 56.8 Å². The fraction of sp³-hybridized carbons (Fsp3) is 0.647. The highest BCUT2D eigenvalue weighted by atomic mass is 127. The first-order chi connectivity index (χ1) is 8.50. The lowest BCUT2D eigenvalue weighted by molar-refractivity contribution is 0.169. The van der Waals surface area contributed by atoms with Gasteiger partial charge in [-0.3, -0.25) is 0 Å². The molecule has 18 heavy (non-hydrogen) atoms. The van der Waals surface area contributed by atoms with Gasteiger partial charge in [-0.05, 0) is 54.1 Å². The lowest BCUT2D eigenvalue weighted by atomic mass is 9.69. The Morgan fingerprint density at radius 3 is 2.00 bits per heavy atom. The molecular formula is C17H25I. The van der Waals surface area contributed by atoms with Crippen molar-refractivity contribution in [2.75, 3.05) is 0 Å². The van der Waals surface area contributed by atoms with E-state index in [4.69, 9.17) is 0 Å². The number of hydrogen-bond acceptors (Lipinski definition) is 0. The van der Waals surface area contributed by atoms with E-state index in [1.54, 1.807) is 5.56 Å². The minimum atomic E-state index is 0.496. The van der Waals surface area contributed by atoms with Gasteiger partial charge in [0.15, 0.2) is 0 Å². The zero-order chi connectivity index (χ0) is 13.2. The van der Waals surface area contributed by atoms with Crippen molar-refractivity contribution < 1.29 is 0 Å². The zero-order valence-corrected chi connectivity index (χ0v) is 14.0. The Balaban J connectivity index is 1.96. The molecule has 1 saturated carbocycles. The monoisotopic (exact) mass is 356 g/mol. The van der Waals surface area contributed by atoms with Gasteiger partial charge in [0.05, 0.1) is 0 Å². The van der Waals surface area contributed by atoms with Crippen LogP contribution in [0.15, 0.2) is 24.3 Å². The minimum absolute atomic E-state index is 0.496. The van der Waals surface area contributed by atoms with E-state index in [1.165, 1.54) is 31.2 Å². The summed E-state index contributed by atoms with van der Waals surface area (Å²) in [6.07, 6.45) is 5.57. The second-order valence-corrected chi connectivity index (χ2v) is 7.55. The van der Waals surface area contributed by atoms with E-state index >= 15 is 0 Å². The van der Waals surface area contributed by atoms with Crippen molar-refractivity contribution in [1.82, 2.24) is 0 Å². The van der Waals surface area contributed by atoms with Crippen LogP contribution in [0.2, 0.25) is 0 Å². The average molecular weight is 356 g/mol. The molecule has 2 rings (SSSR count). The van der Waals surface area contributed by atoms with Gasteiger partial charge in [0.2, 0.25) is 0 Å². The zero-order valence-electron chi connectivity index (χ0n) is 11.9. The molecule has 1 aromatic rings. The van der Waals surface area contributed by atoms with Crippen LogP contribution in [0.3, 0.4) is 0 Å². The van der Waals surface area contributed by atoms with Crippen LogP contribution in [-0.2, 0) is 4.43 Å². The molecule has 0 heterocycles. The Hall–Kier alpha value is -0.0500. The molecule has 1 aromatic carbocycles.